The normalized spacial score (nSPS) is 17.4. The molecule has 1 aliphatic rings. The van der Waals surface area contributed by atoms with Gasteiger partial charge in [0.15, 0.2) is 0 Å². The number of amides is 1. The van der Waals surface area contributed by atoms with Crippen LogP contribution in [-0.2, 0) is 11.2 Å². The molecule has 1 fully saturated rings. The summed E-state index contributed by atoms with van der Waals surface area (Å²) < 4.78 is 27.0. The molecule has 132 valence electrons. The van der Waals surface area contributed by atoms with E-state index in [1.54, 1.807) is 18.2 Å². The first-order valence-electron chi connectivity index (χ1n) is 8.56. The lowest BCUT2D eigenvalue weighted by Crippen LogP contribution is -2.48. The topological polar surface area (TPSA) is 32.3 Å². The van der Waals surface area contributed by atoms with Crippen LogP contribution in [-0.4, -0.2) is 25.0 Å². The highest BCUT2D eigenvalue weighted by molar-refractivity contribution is 5.79. The number of carbonyl (C=O) groups excluding carboxylic acids is 1. The predicted octanol–water partition coefficient (Wildman–Crippen LogP) is 3.60. The molecule has 2 aromatic carbocycles. The van der Waals surface area contributed by atoms with Crippen LogP contribution in [0.2, 0.25) is 0 Å². The standard InChI is InChI=1S/C20H22F2N2O/c1-14-4-9-18(22)19(11-14)24-10-2-3-17(13-24)23-20(25)12-15-5-7-16(21)8-6-15/h4-9,11,17H,2-3,10,12-13H2,1H3,(H,23,25). The molecule has 3 nitrogen and oxygen atoms in total. The van der Waals surface area contributed by atoms with Crippen LogP contribution in [0.25, 0.3) is 0 Å². The van der Waals surface area contributed by atoms with Gasteiger partial charge in [-0.15, -0.1) is 0 Å². The number of aryl methyl sites for hydroxylation is 1. The number of hydrogen-bond donors (Lipinski definition) is 1. The number of rotatable bonds is 4. The van der Waals surface area contributed by atoms with E-state index in [1.807, 2.05) is 17.9 Å². The molecule has 1 aliphatic heterocycles. The molecule has 25 heavy (non-hydrogen) atoms. The van der Waals surface area contributed by atoms with Crippen molar-refractivity contribution in [2.75, 3.05) is 18.0 Å². The summed E-state index contributed by atoms with van der Waals surface area (Å²) in [7, 11) is 0. The van der Waals surface area contributed by atoms with E-state index in [-0.39, 0.29) is 30.0 Å². The van der Waals surface area contributed by atoms with Crippen LogP contribution < -0.4 is 10.2 Å². The van der Waals surface area contributed by atoms with Crippen molar-refractivity contribution >= 4 is 11.6 Å². The monoisotopic (exact) mass is 344 g/mol. The van der Waals surface area contributed by atoms with Crippen molar-refractivity contribution in [2.24, 2.45) is 0 Å². The van der Waals surface area contributed by atoms with Crippen LogP contribution in [0.4, 0.5) is 14.5 Å². The predicted molar refractivity (Wildman–Crippen MR) is 94.6 cm³/mol. The highest BCUT2D eigenvalue weighted by Crippen LogP contribution is 2.24. The lowest BCUT2D eigenvalue weighted by molar-refractivity contribution is -0.121. The van der Waals surface area contributed by atoms with Crippen LogP contribution in [0.15, 0.2) is 42.5 Å². The highest BCUT2D eigenvalue weighted by atomic mass is 19.1. The van der Waals surface area contributed by atoms with Gasteiger partial charge in [0.2, 0.25) is 5.91 Å². The zero-order valence-electron chi connectivity index (χ0n) is 14.3. The molecule has 1 N–H and O–H groups in total. The van der Waals surface area contributed by atoms with Gasteiger partial charge in [-0.3, -0.25) is 4.79 Å². The summed E-state index contributed by atoms with van der Waals surface area (Å²) in [6.07, 6.45) is 1.99. The Hall–Kier alpha value is -2.43. The van der Waals surface area contributed by atoms with E-state index in [2.05, 4.69) is 5.32 Å². The molecule has 0 saturated carbocycles. The van der Waals surface area contributed by atoms with E-state index in [0.717, 1.165) is 30.5 Å². The molecule has 0 bridgehead atoms. The van der Waals surface area contributed by atoms with Crippen molar-refractivity contribution in [3.05, 3.63) is 65.2 Å². The number of nitrogens with zero attached hydrogens (tertiary/aromatic N) is 1. The zero-order chi connectivity index (χ0) is 17.8. The minimum atomic E-state index is -0.313. The molecular formula is C20H22F2N2O. The van der Waals surface area contributed by atoms with Crippen LogP contribution in [0.3, 0.4) is 0 Å². The van der Waals surface area contributed by atoms with Gasteiger partial charge in [-0.1, -0.05) is 18.2 Å². The lowest BCUT2D eigenvalue weighted by Gasteiger charge is -2.35. The second-order valence-corrected chi connectivity index (χ2v) is 6.61. The first-order chi connectivity index (χ1) is 12.0. The highest BCUT2D eigenvalue weighted by Gasteiger charge is 2.23. The van der Waals surface area contributed by atoms with E-state index in [1.165, 1.54) is 18.2 Å². The van der Waals surface area contributed by atoms with Gasteiger partial charge in [0.25, 0.3) is 0 Å². The van der Waals surface area contributed by atoms with Gasteiger partial charge >= 0.3 is 0 Å². The van der Waals surface area contributed by atoms with Crippen molar-refractivity contribution in [2.45, 2.75) is 32.2 Å². The molecule has 1 heterocycles. The third kappa shape index (κ3) is 4.56. The fourth-order valence-electron chi connectivity index (χ4n) is 3.25. The summed E-state index contributed by atoms with van der Waals surface area (Å²) in [5.74, 6) is -0.640. The van der Waals surface area contributed by atoms with Crippen molar-refractivity contribution < 1.29 is 13.6 Å². The summed E-state index contributed by atoms with van der Waals surface area (Å²) in [4.78, 5) is 14.2. The number of carbonyl (C=O) groups is 1. The Morgan fingerprint density at radius 2 is 1.96 bits per heavy atom. The molecule has 5 heteroatoms. The largest absolute Gasteiger partial charge is 0.367 e. The van der Waals surface area contributed by atoms with Crippen molar-refractivity contribution in [3.63, 3.8) is 0 Å². The van der Waals surface area contributed by atoms with E-state index < -0.39 is 0 Å². The maximum absolute atomic E-state index is 14.1. The number of benzene rings is 2. The van der Waals surface area contributed by atoms with E-state index in [0.29, 0.717) is 12.2 Å². The van der Waals surface area contributed by atoms with Crippen molar-refractivity contribution in [1.29, 1.82) is 0 Å². The fraction of sp³-hybridized carbons (Fsp3) is 0.350. The molecule has 1 saturated heterocycles. The van der Waals surface area contributed by atoms with Gasteiger partial charge in [-0.2, -0.15) is 0 Å². The van der Waals surface area contributed by atoms with Gasteiger partial charge in [-0.25, -0.2) is 8.78 Å². The molecule has 3 rings (SSSR count). The first-order valence-corrected chi connectivity index (χ1v) is 8.56. The lowest BCUT2D eigenvalue weighted by atomic mass is 10.0. The van der Waals surface area contributed by atoms with Crippen LogP contribution in [0, 0.1) is 18.6 Å². The van der Waals surface area contributed by atoms with Crippen molar-refractivity contribution in [3.8, 4) is 0 Å². The second-order valence-electron chi connectivity index (χ2n) is 6.61. The molecule has 1 amide bonds. The van der Waals surface area contributed by atoms with E-state index >= 15 is 0 Å². The Morgan fingerprint density at radius 1 is 1.20 bits per heavy atom. The van der Waals surface area contributed by atoms with Gasteiger partial charge in [0, 0.05) is 19.1 Å². The number of hydrogen-bond acceptors (Lipinski definition) is 2. The summed E-state index contributed by atoms with van der Waals surface area (Å²) in [6, 6.07) is 11.0. The SMILES string of the molecule is Cc1ccc(F)c(N2CCCC(NC(=O)Cc3ccc(F)cc3)C2)c1. The zero-order valence-corrected chi connectivity index (χ0v) is 14.3. The average molecular weight is 344 g/mol. The Bertz CT molecular complexity index is 746. The van der Waals surface area contributed by atoms with Crippen LogP contribution in [0.5, 0.6) is 0 Å². The van der Waals surface area contributed by atoms with E-state index in [9.17, 15) is 13.6 Å². The van der Waals surface area contributed by atoms with E-state index in [4.69, 9.17) is 0 Å². The van der Waals surface area contributed by atoms with Gasteiger partial charge < -0.3 is 10.2 Å². The number of nitrogens with one attached hydrogen (secondary N) is 1. The average Bonchev–Trinajstić information content (AvgIpc) is 2.59. The number of halogens is 2. The van der Waals surface area contributed by atoms with Crippen molar-refractivity contribution in [1.82, 2.24) is 5.32 Å². The smallest absolute Gasteiger partial charge is 0.224 e. The summed E-state index contributed by atoms with van der Waals surface area (Å²) >= 11 is 0. The van der Waals surface area contributed by atoms with Gasteiger partial charge in [-0.05, 0) is 55.2 Å². The third-order valence-electron chi connectivity index (χ3n) is 4.51. The quantitative estimate of drug-likeness (QED) is 0.919. The molecule has 0 aliphatic carbocycles. The maximum Gasteiger partial charge on any atom is 0.224 e. The van der Waals surface area contributed by atoms with Gasteiger partial charge in [0.1, 0.15) is 11.6 Å². The Kier molecular flexibility index (Phi) is 5.31. The summed E-state index contributed by atoms with van der Waals surface area (Å²) in [6.45, 7) is 3.31. The first kappa shape index (κ1) is 17.4. The number of anilines is 1. The second kappa shape index (κ2) is 7.64. The minimum Gasteiger partial charge on any atom is -0.367 e. The molecule has 1 unspecified atom stereocenters. The molecular weight excluding hydrogens is 322 g/mol. The molecule has 2 aromatic rings. The Labute approximate surface area is 146 Å². The maximum atomic E-state index is 14.1. The molecule has 1 atom stereocenters. The molecule has 0 spiro atoms. The molecule has 0 radical (unpaired) electrons. The summed E-state index contributed by atoms with van der Waals surface area (Å²) in [5.41, 5.74) is 2.38. The third-order valence-corrected chi connectivity index (χ3v) is 4.51. The number of piperidine rings is 1. The molecule has 0 aromatic heterocycles. The summed E-state index contributed by atoms with van der Waals surface area (Å²) in [5, 5.41) is 3.02. The van der Waals surface area contributed by atoms with Crippen LogP contribution >= 0.6 is 0 Å². The van der Waals surface area contributed by atoms with Crippen LogP contribution in [0.1, 0.15) is 24.0 Å². The minimum absolute atomic E-state index is 0.0124. The Morgan fingerprint density at radius 3 is 2.72 bits per heavy atom. The fourth-order valence-corrected chi connectivity index (χ4v) is 3.25. The van der Waals surface area contributed by atoms with Gasteiger partial charge in [0.05, 0.1) is 12.1 Å². The Balaban J connectivity index is 1.60.